The van der Waals surface area contributed by atoms with Crippen LogP contribution in [0.15, 0.2) is 24.3 Å². The molecule has 2 fully saturated rings. The highest BCUT2D eigenvalue weighted by Gasteiger charge is 2.37. The van der Waals surface area contributed by atoms with Crippen molar-refractivity contribution < 1.29 is 9.53 Å². The highest BCUT2D eigenvalue weighted by molar-refractivity contribution is 6.30. The highest BCUT2D eigenvalue weighted by Crippen LogP contribution is 2.26. The molecule has 1 amide bonds. The van der Waals surface area contributed by atoms with Gasteiger partial charge in [0.05, 0.1) is 0 Å². The average Bonchev–Trinajstić information content (AvgIpc) is 2.96. The van der Waals surface area contributed by atoms with Crippen molar-refractivity contribution >= 4 is 29.9 Å². The number of nitrogens with zero attached hydrogens (tertiary/aromatic N) is 1. The average molecular weight is 317 g/mol. The van der Waals surface area contributed by atoms with Gasteiger partial charge in [0.15, 0.2) is 6.61 Å². The zero-order chi connectivity index (χ0) is 13.2. The van der Waals surface area contributed by atoms with Crippen LogP contribution in [0.3, 0.4) is 0 Å². The van der Waals surface area contributed by atoms with E-state index in [1.165, 1.54) is 0 Å². The summed E-state index contributed by atoms with van der Waals surface area (Å²) in [5.74, 6) is 1.95. The molecule has 0 radical (unpaired) electrons. The quantitative estimate of drug-likeness (QED) is 0.925. The molecular formula is C14H18Cl2N2O2. The Labute approximate surface area is 129 Å². The van der Waals surface area contributed by atoms with Crippen LogP contribution in [0.5, 0.6) is 5.75 Å². The first-order valence-corrected chi connectivity index (χ1v) is 6.97. The Morgan fingerprint density at radius 1 is 1.35 bits per heavy atom. The summed E-state index contributed by atoms with van der Waals surface area (Å²) in [6, 6.07) is 7.12. The Morgan fingerprint density at radius 3 is 2.70 bits per heavy atom. The number of carbonyl (C=O) groups excluding carboxylic acids is 1. The van der Waals surface area contributed by atoms with Gasteiger partial charge in [-0.15, -0.1) is 12.4 Å². The summed E-state index contributed by atoms with van der Waals surface area (Å²) < 4.78 is 5.49. The summed E-state index contributed by atoms with van der Waals surface area (Å²) in [6.45, 7) is 3.87. The fourth-order valence-electron chi connectivity index (χ4n) is 2.85. The van der Waals surface area contributed by atoms with Gasteiger partial charge in [0.2, 0.25) is 0 Å². The van der Waals surface area contributed by atoms with Gasteiger partial charge in [-0.3, -0.25) is 4.79 Å². The van der Waals surface area contributed by atoms with E-state index in [-0.39, 0.29) is 24.9 Å². The number of carbonyl (C=O) groups is 1. The Bertz CT molecular complexity index is 472. The molecule has 2 aliphatic heterocycles. The van der Waals surface area contributed by atoms with Crippen molar-refractivity contribution in [1.29, 1.82) is 0 Å². The summed E-state index contributed by atoms with van der Waals surface area (Å²) >= 11 is 5.87. The Balaban J connectivity index is 0.00000147. The summed E-state index contributed by atoms with van der Waals surface area (Å²) in [6.07, 6.45) is 0. The minimum absolute atomic E-state index is 0. The predicted octanol–water partition coefficient (Wildman–Crippen LogP) is 1.82. The third-order valence-corrected chi connectivity index (χ3v) is 4.14. The maximum absolute atomic E-state index is 12.1. The van der Waals surface area contributed by atoms with Gasteiger partial charge >= 0.3 is 0 Å². The zero-order valence-corrected chi connectivity index (χ0v) is 12.6. The molecule has 0 aromatic heterocycles. The maximum Gasteiger partial charge on any atom is 0.260 e. The monoisotopic (exact) mass is 316 g/mol. The molecule has 0 bridgehead atoms. The molecule has 0 aliphatic carbocycles. The Kier molecular flexibility index (Phi) is 5.13. The molecule has 110 valence electrons. The number of halogens is 2. The van der Waals surface area contributed by atoms with Gasteiger partial charge in [-0.2, -0.15) is 0 Å². The fraction of sp³-hybridized carbons (Fsp3) is 0.500. The van der Waals surface area contributed by atoms with Crippen LogP contribution in [0, 0.1) is 11.8 Å². The molecule has 2 heterocycles. The minimum Gasteiger partial charge on any atom is -0.484 e. The normalized spacial score (nSPS) is 24.1. The van der Waals surface area contributed by atoms with Crippen LogP contribution >= 0.6 is 24.0 Å². The van der Waals surface area contributed by atoms with Crippen LogP contribution in [0.25, 0.3) is 0 Å². The molecule has 2 atom stereocenters. The molecule has 0 saturated carbocycles. The van der Waals surface area contributed by atoms with Crippen molar-refractivity contribution in [3.8, 4) is 5.75 Å². The van der Waals surface area contributed by atoms with Crippen molar-refractivity contribution in [2.75, 3.05) is 32.8 Å². The van der Waals surface area contributed by atoms with E-state index in [4.69, 9.17) is 16.3 Å². The van der Waals surface area contributed by atoms with E-state index >= 15 is 0 Å². The van der Waals surface area contributed by atoms with Crippen LogP contribution in [-0.2, 0) is 4.79 Å². The lowest BCUT2D eigenvalue weighted by atomic mass is 10.0. The summed E-state index contributed by atoms with van der Waals surface area (Å²) in [4.78, 5) is 14.0. The van der Waals surface area contributed by atoms with E-state index in [1.54, 1.807) is 12.1 Å². The van der Waals surface area contributed by atoms with Crippen LogP contribution in [0.4, 0.5) is 0 Å². The van der Waals surface area contributed by atoms with Gasteiger partial charge in [-0.25, -0.2) is 0 Å². The number of fused-ring (bicyclic) bond motifs is 1. The second kappa shape index (κ2) is 6.66. The topological polar surface area (TPSA) is 41.6 Å². The van der Waals surface area contributed by atoms with Gasteiger partial charge in [-0.05, 0) is 30.0 Å². The SMILES string of the molecule is Cl.O=C(COc1cccc(Cl)c1)N1C[C@H]2CNC[C@H]2C1. The van der Waals surface area contributed by atoms with Crippen molar-refractivity contribution in [2.45, 2.75) is 0 Å². The largest absolute Gasteiger partial charge is 0.484 e. The summed E-state index contributed by atoms with van der Waals surface area (Å²) in [5, 5.41) is 3.98. The predicted molar refractivity (Wildman–Crippen MR) is 80.6 cm³/mol. The first-order valence-electron chi connectivity index (χ1n) is 6.59. The number of likely N-dealkylation sites (tertiary alicyclic amines) is 1. The molecule has 1 aromatic rings. The minimum atomic E-state index is 0. The highest BCUT2D eigenvalue weighted by atomic mass is 35.5. The molecule has 1 N–H and O–H groups in total. The smallest absolute Gasteiger partial charge is 0.260 e. The molecule has 6 heteroatoms. The molecule has 3 rings (SSSR count). The molecule has 2 aliphatic rings. The maximum atomic E-state index is 12.1. The molecule has 1 aromatic carbocycles. The van der Waals surface area contributed by atoms with E-state index < -0.39 is 0 Å². The third kappa shape index (κ3) is 3.37. The second-order valence-corrected chi connectivity index (χ2v) is 5.66. The van der Waals surface area contributed by atoms with Gasteiger partial charge in [0.25, 0.3) is 5.91 Å². The fourth-order valence-corrected chi connectivity index (χ4v) is 3.03. The number of hydrogen-bond donors (Lipinski definition) is 1. The lowest BCUT2D eigenvalue weighted by Gasteiger charge is -2.17. The van der Waals surface area contributed by atoms with Crippen molar-refractivity contribution in [1.82, 2.24) is 10.2 Å². The van der Waals surface area contributed by atoms with Crippen LogP contribution in [0.1, 0.15) is 0 Å². The molecule has 20 heavy (non-hydrogen) atoms. The van der Waals surface area contributed by atoms with E-state index in [0.717, 1.165) is 26.2 Å². The third-order valence-electron chi connectivity index (χ3n) is 3.90. The van der Waals surface area contributed by atoms with Gasteiger partial charge < -0.3 is 15.0 Å². The van der Waals surface area contributed by atoms with Crippen molar-refractivity contribution in [3.63, 3.8) is 0 Å². The number of nitrogens with one attached hydrogen (secondary N) is 1. The number of amides is 1. The van der Waals surface area contributed by atoms with E-state index in [9.17, 15) is 4.79 Å². The van der Waals surface area contributed by atoms with Crippen LogP contribution in [0.2, 0.25) is 5.02 Å². The standard InChI is InChI=1S/C14H17ClN2O2.ClH/c15-12-2-1-3-13(4-12)19-9-14(18)17-7-10-5-16-6-11(10)8-17;/h1-4,10-11,16H,5-9H2;1H/t10-,11+;. The van der Waals surface area contributed by atoms with Gasteiger partial charge in [0, 0.05) is 31.2 Å². The molecule has 0 spiro atoms. The van der Waals surface area contributed by atoms with Crippen LogP contribution in [-0.4, -0.2) is 43.6 Å². The second-order valence-electron chi connectivity index (χ2n) is 5.22. The molecule has 4 nitrogen and oxygen atoms in total. The first kappa shape index (κ1) is 15.4. The summed E-state index contributed by atoms with van der Waals surface area (Å²) in [7, 11) is 0. The number of rotatable bonds is 3. The van der Waals surface area contributed by atoms with E-state index in [2.05, 4.69) is 5.32 Å². The lowest BCUT2D eigenvalue weighted by Crippen LogP contribution is -2.35. The number of ether oxygens (including phenoxy) is 1. The lowest BCUT2D eigenvalue weighted by molar-refractivity contribution is -0.132. The molecular weight excluding hydrogens is 299 g/mol. The number of hydrogen-bond acceptors (Lipinski definition) is 3. The summed E-state index contributed by atoms with van der Waals surface area (Å²) in [5.41, 5.74) is 0. The van der Waals surface area contributed by atoms with E-state index in [0.29, 0.717) is 22.6 Å². The van der Waals surface area contributed by atoms with Gasteiger partial charge in [-0.1, -0.05) is 17.7 Å². The Hall–Kier alpha value is -0.970. The van der Waals surface area contributed by atoms with E-state index in [1.807, 2.05) is 17.0 Å². The van der Waals surface area contributed by atoms with Crippen LogP contribution < -0.4 is 10.1 Å². The molecule has 0 unspecified atom stereocenters. The number of benzene rings is 1. The van der Waals surface area contributed by atoms with Gasteiger partial charge in [0.1, 0.15) is 5.75 Å². The van der Waals surface area contributed by atoms with Crippen molar-refractivity contribution in [3.05, 3.63) is 29.3 Å². The van der Waals surface area contributed by atoms with Crippen molar-refractivity contribution in [2.24, 2.45) is 11.8 Å². The zero-order valence-electron chi connectivity index (χ0n) is 11.0. The Morgan fingerprint density at radius 2 is 2.05 bits per heavy atom. The molecule has 2 saturated heterocycles. The first-order chi connectivity index (χ1) is 9.22.